The summed E-state index contributed by atoms with van der Waals surface area (Å²) in [6.07, 6.45) is 1.29. The van der Waals surface area contributed by atoms with E-state index in [0.29, 0.717) is 24.3 Å². The maximum absolute atomic E-state index is 13.0. The summed E-state index contributed by atoms with van der Waals surface area (Å²) in [6, 6.07) is 5.15. The zero-order valence-corrected chi connectivity index (χ0v) is 17.8. The Morgan fingerprint density at radius 1 is 1.16 bits per heavy atom. The maximum atomic E-state index is 13.0. The highest BCUT2D eigenvalue weighted by molar-refractivity contribution is 5.96. The highest BCUT2D eigenvalue weighted by atomic mass is 16.5. The van der Waals surface area contributed by atoms with Gasteiger partial charge in [-0.1, -0.05) is 0 Å². The lowest BCUT2D eigenvalue weighted by Gasteiger charge is -2.41. The fourth-order valence-electron chi connectivity index (χ4n) is 3.79. The van der Waals surface area contributed by atoms with Crippen molar-refractivity contribution in [2.45, 2.75) is 24.9 Å². The molecule has 1 aromatic carbocycles. The van der Waals surface area contributed by atoms with Crippen LogP contribution in [0.5, 0.6) is 5.75 Å². The molecule has 2 unspecified atom stereocenters. The number of piperidine rings is 1. The van der Waals surface area contributed by atoms with Crippen molar-refractivity contribution in [1.29, 1.82) is 0 Å². The molecule has 3 rings (SSSR count). The molecule has 2 saturated heterocycles. The minimum atomic E-state index is -0.909. The van der Waals surface area contributed by atoms with E-state index in [9.17, 15) is 19.2 Å². The summed E-state index contributed by atoms with van der Waals surface area (Å²) in [5.41, 5.74) is 0.461. The van der Waals surface area contributed by atoms with Crippen molar-refractivity contribution in [3.63, 3.8) is 0 Å². The molecule has 2 atom stereocenters. The zero-order valence-electron chi connectivity index (χ0n) is 17.8. The van der Waals surface area contributed by atoms with Crippen LogP contribution in [0.15, 0.2) is 24.3 Å². The van der Waals surface area contributed by atoms with Gasteiger partial charge in [0.15, 0.2) is 0 Å². The number of carbonyl (C=O) groups is 4. The van der Waals surface area contributed by atoms with Crippen LogP contribution in [0.1, 0.15) is 23.2 Å². The van der Waals surface area contributed by atoms with E-state index < -0.39 is 18.0 Å². The summed E-state index contributed by atoms with van der Waals surface area (Å²) in [4.78, 5) is 53.5. The maximum Gasteiger partial charge on any atom is 0.254 e. The van der Waals surface area contributed by atoms with Gasteiger partial charge in [-0.05, 0) is 37.1 Å². The van der Waals surface area contributed by atoms with Gasteiger partial charge < -0.3 is 29.9 Å². The molecule has 0 spiro atoms. The van der Waals surface area contributed by atoms with Crippen molar-refractivity contribution >= 4 is 23.6 Å². The predicted molar refractivity (Wildman–Crippen MR) is 110 cm³/mol. The van der Waals surface area contributed by atoms with Crippen molar-refractivity contribution in [2.75, 3.05) is 47.0 Å². The number of methoxy groups -OCH3 is 2. The summed E-state index contributed by atoms with van der Waals surface area (Å²) in [6.45, 7) is 0.922. The molecule has 0 saturated carbocycles. The van der Waals surface area contributed by atoms with Gasteiger partial charge in [0.05, 0.1) is 13.7 Å². The van der Waals surface area contributed by atoms with E-state index in [1.165, 1.54) is 12.0 Å². The Hall–Kier alpha value is -3.14. The second-order valence-electron chi connectivity index (χ2n) is 7.51. The zero-order chi connectivity index (χ0) is 22.4. The van der Waals surface area contributed by atoms with Gasteiger partial charge in [0.25, 0.3) is 5.91 Å². The summed E-state index contributed by atoms with van der Waals surface area (Å²) in [7, 11) is 2.95. The average Bonchev–Trinajstić information content (AvgIpc) is 2.80. The number of amides is 4. The monoisotopic (exact) mass is 432 g/mol. The van der Waals surface area contributed by atoms with Crippen LogP contribution in [0.3, 0.4) is 0 Å². The van der Waals surface area contributed by atoms with Crippen LogP contribution in [-0.2, 0) is 19.1 Å². The molecule has 168 valence electrons. The molecule has 10 nitrogen and oxygen atoms in total. The van der Waals surface area contributed by atoms with E-state index in [2.05, 4.69) is 10.6 Å². The second kappa shape index (κ2) is 10.3. The van der Waals surface area contributed by atoms with Crippen LogP contribution < -0.4 is 15.4 Å². The molecule has 2 aliphatic rings. The van der Waals surface area contributed by atoms with E-state index in [-0.39, 0.29) is 44.0 Å². The summed E-state index contributed by atoms with van der Waals surface area (Å²) in [5.74, 6) is -0.647. The Labute approximate surface area is 180 Å². The number of piperazine rings is 1. The number of benzene rings is 1. The van der Waals surface area contributed by atoms with Crippen LogP contribution in [0, 0.1) is 0 Å². The number of ether oxygens (including phenoxy) is 2. The number of hydrogen-bond donors (Lipinski definition) is 2. The van der Waals surface area contributed by atoms with Gasteiger partial charge in [-0.3, -0.25) is 19.2 Å². The smallest absolute Gasteiger partial charge is 0.254 e. The summed E-state index contributed by atoms with van der Waals surface area (Å²) in [5, 5.41) is 5.46. The SMILES string of the molecule is COCC(=O)N1CCN(C(=O)c2ccc(OC)cc2)CC1C(=O)NC1CCCNC1=O. The third-order valence-corrected chi connectivity index (χ3v) is 5.50. The van der Waals surface area contributed by atoms with Gasteiger partial charge in [-0.2, -0.15) is 0 Å². The molecule has 2 fully saturated rings. The molecule has 0 aliphatic carbocycles. The molecular weight excluding hydrogens is 404 g/mol. The lowest BCUT2D eigenvalue weighted by Crippen LogP contribution is -2.64. The third kappa shape index (κ3) is 5.32. The number of nitrogens with one attached hydrogen (secondary N) is 2. The number of hydrogen-bond acceptors (Lipinski definition) is 6. The largest absolute Gasteiger partial charge is 0.497 e. The quantitative estimate of drug-likeness (QED) is 0.619. The molecule has 31 heavy (non-hydrogen) atoms. The van der Waals surface area contributed by atoms with Crippen molar-refractivity contribution in [1.82, 2.24) is 20.4 Å². The lowest BCUT2D eigenvalue weighted by atomic mass is 10.0. The highest BCUT2D eigenvalue weighted by Gasteiger charge is 2.38. The van der Waals surface area contributed by atoms with E-state index in [1.807, 2.05) is 0 Å². The van der Waals surface area contributed by atoms with Crippen LogP contribution in [0.25, 0.3) is 0 Å². The molecule has 4 amide bonds. The molecule has 2 aliphatic heterocycles. The van der Waals surface area contributed by atoms with Gasteiger partial charge in [0.1, 0.15) is 24.4 Å². The second-order valence-corrected chi connectivity index (χ2v) is 7.51. The minimum Gasteiger partial charge on any atom is -0.497 e. The van der Waals surface area contributed by atoms with Crippen molar-refractivity contribution in [3.05, 3.63) is 29.8 Å². The summed E-state index contributed by atoms with van der Waals surface area (Å²) < 4.78 is 10.1. The first-order valence-electron chi connectivity index (χ1n) is 10.2. The first-order chi connectivity index (χ1) is 14.9. The number of rotatable bonds is 6. The Bertz CT molecular complexity index is 828. The molecule has 0 bridgehead atoms. The molecule has 2 heterocycles. The number of nitrogens with zero attached hydrogens (tertiary/aromatic N) is 2. The van der Waals surface area contributed by atoms with Crippen LogP contribution in [0.2, 0.25) is 0 Å². The molecule has 1 aromatic rings. The Morgan fingerprint density at radius 2 is 1.90 bits per heavy atom. The third-order valence-electron chi connectivity index (χ3n) is 5.50. The van der Waals surface area contributed by atoms with Crippen molar-refractivity contribution < 1.29 is 28.7 Å². The van der Waals surface area contributed by atoms with Gasteiger partial charge in [0, 0.05) is 32.3 Å². The normalized spacial score (nSPS) is 21.3. The molecule has 0 radical (unpaired) electrons. The highest BCUT2D eigenvalue weighted by Crippen LogP contribution is 2.17. The van der Waals surface area contributed by atoms with Crippen LogP contribution >= 0.6 is 0 Å². The fourth-order valence-corrected chi connectivity index (χ4v) is 3.79. The minimum absolute atomic E-state index is 0.0283. The Balaban J connectivity index is 1.75. The van der Waals surface area contributed by atoms with Crippen molar-refractivity contribution in [3.8, 4) is 5.75 Å². The van der Waals surface area contributed by atoms with Crippen LogP contribution in [0.4, 0.5) is 0 Å². The van der Waals surface area contributed by atoms with Gasteiger partial charge >= 0.3 is 0 Å². The molecule has 10 heteroatoms. The lowest BCUT2D eigenvalue weighted by molar-refractivity contribution is -0.146. The Kier molecular flexibility index (Phi) is 7.45. The van der Waals surface area contributed by atoms with Crippen LogP contribution in [-0.4, -0.2) is 92.5 Å². The fraction of sp³-hybridized carbons (Fsp3) is 0.524. The summed E-state index contributed by atoms with van der Waals surface area (Å²) >= 11 is 0. The van der Waals surface area contributed by atoms with Crippen molar-refractivity contribution in [2.24, 2.45) is 0 Å². The van der Waals surface area contributed by atoms with E-state index >= 15 is 0 Å². The first-order valence-corrected chi connectivity index (χ1v) is 10.2. The molecule has 2 N–H and O–H groups in total. The van der Waals surface area contributed by atoms with E-state index in [0.717, 1.165) is 6.42 Å². The topological polar surface area (TPSA) is 117 Å². The van der Waals surface area contributed by atoms with Gasteiger partial charge in [-0.25, -0.2) is 0 Å². The van der Waals surface area contributed by atoms with E-state index in [4.69, 9.17) is 9.47 Å². The number of carbonyl (C=O) groups excluding carboxylic acids is 4. The first kappa shape index (κ1) is 22.5. The predicted octanol–water partition coefficient (Wildman–Crippen LogP) is -0.611. The van der Waals surface area contributed by atoms with Gasteiger partial charge in [-0.15, -0.1) is 0 Å². The van der Waals surface area contributed by atoms with Gasteiger partial charge in [0.2, 0.25) is 17.7 Å². The van der Waals surface area contributed by atoms with E-state index in [1.54, 1.807) is 36.3 Å². The average molecular weight is 432 g/mol. The Morgan fingerprint density at radius 3 is 2.55 bits per heavy atom. The standard InChI is InChI=1S/C21H28N4O6/c1-30-13-18(26)25-11-10-24(21(29)14-5-7-15(31-2)8-6-14)12-17(25)20(28)23-16-4-3-9-22-19(16)27/h5-8,16-17H,3-4,9-13H2,1-2H3,(H,22,27)(H,23,28). The molecule has 0 aromatic heterocycles. The molecular formula is C21H28N4O6.